The Bertz CT molecular complexity index is 393. The van der Waals surface area contributed by atoms with E-state index in [-0.39, 0.29) is 12.2 Å². The lowest BCUT2D eigenvalue weighted by molar-refractivity contribution is 0.0696. The molecule has 0 aliphatic rings. The minimum Gasteiger partial charge on any atom is -0.492 e. The Hall–Kier alpha value is -0.820. The van der Waals surface area contributed by atoms with E-state index in [0.29, 0.717) is 12.4 Å². The Kier molecular flexibility index (Phi) is 7.04. The zero-order valence-corrected chi connectivity index (χ0v) is 12.2. The molecule has 0 saturated heterocycles. The molecule has 1 aromatic rings. The van der Waals surface area contributed by atoms with Crippen molar-refractivity contribution in [1.82, 2.24) is 0 Å². The monoisotopic (exact) mass is 364 g/mol. The van der Waals surface area contributed by atoms with Gasteiger partial charge in [-0.25, -0.2) is 4.79 Å². The number of benzene rings is 1. The lowest BCUT2D eigenvalue weighted by Gasteiger charge is -2.08. The minimum atomic E-state index is -0.945. The van der Waals surface area contributed by atoms with Crippen LogP contribution in [0.1, 0.15) is 36.0 Å². The van der Waals surface area contributed by atoms with Crippen molar-refractivity contribution in [2.45, 2.75) is 25.7 Å². The first-order valence-corrected chi connectivity index (χ1v) is 6.99. The summed E-state index contributed by atoms with van der Waals surface area (Å²) in [6.07, 6.45) is 3.74. The molecule has 0 saturated carbocycles. The summed E-state index contributed by atoms with van der Waals surface area (Å²) in [5, 5.41) is 17.5. The van der Waals surface area contributed by atoms with Gasteiger partial charge in [-0.1, -0.05) is 6.42 Å². The predicted molar refractivity (Wildman–Crippen MR) is 77.2 cm³/mol. The Morgan fingerprint density at radius 1 is 1.22 bits per heavy atom. The molecule has 2 N–H and O–H groups in total. The predicted octanol–water partition coefficient (Wildman–Crippen LogP) is 2.92. The van der Waals surface area contributed by atoms with Gasteiger partial charge in [-0.15, -0.1) is 0 Å². The SMILES string of the molecule is O=C(O)c1ccc(I)c(OCCCCCCO)c1. The number of ether oxygens (including phenoxy) is 1. The highest BCUT2D eigenvalue weighted by Crippen LogP contribution is 2.22. The van der Waals surface area contributed by atoms with Gasteiger partial charge in [-0.3, -0.25) is 0 Å². The maximum Gasteiger partial charge on any atom is 0.335 e. The zero-order chi connectivity index (χ0) is 13.4. The molecule has 0 fully saturated rings. The van der Waals surface area contributed by atoms with Crippen molar-refractivity contribution in [3.8, 4) is 5.75 Å². The number of carbonyl (C=O) groups is 1. The highest BCUT2D eigenvalue weighted by atomic mass is 127. The van der Waals surface area contributed by atoms with Gasteiger partial charge in [0.25, 0.3) is 0 Å². The maximum atomic E-state index is 10.8. The average molecular weight is 364 g/mol. The fourth-order valence-electron chi connectivity index (χ4n) is 1.50. The number of carboxylic acid groups (broad SMARTS) is 1. The van der Waals surface area contributed by atoms with E-state index < -0.39 is 5.97 Å². The van der Waals surface area contributed by atoms with Crippen molar-refractivity contribution >= 4 is 28.6 Å². The van der Waals surface area contributed by atoms with Crippen LogP contribution < -0.4 is 4.74 Å². The largest absolute Gasteiger partial charge is 0.492 e. The normalized spacial score (nSPS) is 10.3. The van der Waals surface area contributed by atoms with Crippen LogP contribution in [0.15, 0.2) is 18.2 Å². The third-order valence-corrected chi connectivity index (χ3v) is 3.38. The number of aromatic carboxylic acids is 1. The molecule has 5 heteroatoms. The molecule has 0 spiro atoms. The molecule has 0 amide bonds. The van der Waals surface area contributed by atoms with Crippen molar-refractivity contribution in [1.29, 1.82) is 0 Å². The number of carboxylic acids is 1. The highest BCUT2D eigenvalue weighted by molar-refractivity contribution is 14.1. The summed E-state index contributed by atoms with van der Waals surface area (Å²) in [6.45, 7) is 0.809. The summed E-state index contributed by atoms with van der Waals surface area (Å²) in [7, 11) is 0. The van der Waals surface area contributed by atoms with Crippen LogP contribution in [-0.4, -0.2) is 29.4 Å². The summed E-state index contributed by atoms with van der Waals surface area (Å²) < 4.78 is 6.48. The molecule has 0 aliphatic carbocycles. The summed E-state index contributed by atoms with van der Waals surface area (Å²) in [4.78, 5) is 10.8. The molecule has 1 rings (SSSR count). The number of aliphatic hydroxyl groups is 1. The lowest BCUT2D eigenvalue weighted by atomic mass is 10.2. The fraction of sp³-hybridized carbons (Fsp3) is 0.462. The summed E-state index contributed by atoms with van der Waals surface area (Å²) in [6, 6.07) is 4.86. The van der Waals surface area contributed by atoms with E-state index in [1.165, 1.54) is 0 Å². The quantitative estimate of drug-likeness (QED) is 0.550. The van der Waals surface area contributed by atoms with Gasteiger partial charge < -0.3 is 14.9 Å². The van der Waals surface area contributed by atoms with Gasteiger partial charge in [-0.05, 0) is 60.1 Å². The molecule has 0 radical (unpaired) electrons. The first-order chi connectivity index (χ1) is 8.65. The number of hydrogen-bond acceptors (Lipinski definition) is 3. The smallest absolute Gasteiger partial charge is 0.335 e. The van der Waals surface area contributed by atoms with Gasteiger partial charge in [0, 0.05) is 6.61 Å². The Balaban J connectivity index is 2.41. The van der Waals surface area contributed by atoms with E-state index in [2.05, 4.69) is 22.6 Å². The van der Waals surface area contributed by atoms with Gasteiger partial charge in [0.1, 0.15) is 5.75 Å². The molecule has 0 unspecified atom stereocenters. The topological polar surface area (TPSA) is 66.8 Å². The molecular weight excluding hydrogens is 347 g/mol. The van der Waals surface area contributed by atoms with Gasteiger partial charge >= 0.3 is 5.97 Å². The van der Waals surface area contributed by atoms with E-state index in [4.69, 9.17) is 14.9 Å². The first-order valence-electron chi connectivity index (χ1n) is 5.91. The fourth-order valence-corrected chi connectivity index (χ4v) is 1.99. The van der Waals surface area contributed by atoms with Crippen molar-refractivity contribution in [2.24, 2.45) is 0 Å². The number of halogens is 1. The third kappa shape index (κ3) is 5.22. The molecule has 0 aliphatic heterocycles. The van der Waals surface area contributed by atoms with Gasteiger partial charge in [0.2, 0.25) is 0 Å². The van der Waals surface area contributed by atoms with Crippen LogP contribution in [0.25, 0.3) is 0 Å². The molecule has 18 heavy (non-hydrogen) atoms. The molecule has 0 atom stereocenters. The van der Waals surface area contributed by atoms with E-state index >= 15 is 0 Å². The van der Waals surface area contributed by atoms with Crippen LogP contribution >= 0.6 is 22.6 Å². The lowest BCUT2D eigenvalue weighted by Crippen LogP contribution is -2.02. The first kappa shape index (κ1) is 15.2. The molecular formula is C13H17IO4. The Morgan fingerprint density at radius 3 is 2.61 bits per heavy atom. The standard InChI is InChI=1S/C13H17IO4/c14-11-6-5-10(13(16)17)9-12(11)18-8-4-2-1-3-7-15/h5-6,9,15H,1-4,7-8H2,(H,16,17). The van der Waals surface area contributed by atoms with Gasteiger partial charge in [0.15, 0.2) is 0 Å². The second kappa shape index (κ2) is 8.31. The van der Waals surface area contributed by atoms with Crippen LogP contribution in [0.2, 0.25) is 0 Å². The van der Waals surface area contributed by atoms with Crippen molar-refractivity contribution in [3.05, 3.63) is 27.3 Å². The third-order valence-electron chi connectivity index (χ3n) is 2.49. The van der Waals surface area contributed by atoms with E-state index in [9.17, 15) is 4.79 Å². The summed E-state index contributed by atoms with van der Waals surface area (Å²) in [5.41, 5.74) is 0.241. The second-order valence-corrected chi connectivity index (χ2v) is 5.10. The van der Waals surface area contributed by atoms with E-state index in [1.54, 1.807) is 18.2 Å². The Labute approximate surface area is 120 Å². The number of aliphatic hydroxyl groups excluding tert-OH is 1. The molecule has 0 aromatic heterocycles. The molecule has 1 aromatic carbocycles. The van der Waals surface area contributed by atoms with Gasteiger partial charge in [-0.2, -0.15) is 0 Å². The number of rotatable bonds is 8. The summed E-state index contributed by atoms with van der Waals surface area (Å²) in [5.74, 6) is -0.322. The summed E-state index contributed by atoms with van der Waals surface area (Å²) >= 11 is 2.12. The zero-order valence-electron chi connectivity index (χ0n) is 10.1. The van der Waals surface area contributed by atoms with Crippen molar-refractivity contribution in [3.63, 3.8) is 0 Å². The molecule has 100 valence electrons. The molecule has 4 nitrogen and oxygen atoms in total. The van der Waals surface area contributed by atoms with Crippen LogP contribution in [-0.2, 0) is 0 Å². The number of unbranched alkanes of at least 4 members (excludes halogenated alkanes) is 3. The molecule has 0 bridgehead atoms. The highest BCUT2D eigenvalue weighted by Gasteiger charge is 2.07. The Morgan fingerprint density at radius 2 is 1.94 bits per heavy atom. The van der Waals surface area contributed by atoms with Crippen LogP contribution in [0, 0.1) is 3.57 Å². The van der Waals surface area contributed by atoms with Crippen LogP contribution in [0.3, 0.4) is 0 Å². The van der Waals surface area contributed by atoms with Gasteiger partial charge in [0.05, 0.1) is 15.7 Å². The average Bonchev–Trinajstić information content (AvgIpc) is 2.35. The van der Waals surface area contributed by atoms with Crippen LogP contribution in [0.4, 0.5) is 0 Å². The van der Waals surface area contributed by atoms with E-state index in [0.717, 1.165) is 29.3 Å². The van der Waals surface area contributed by atoms with Crippen LogP contribution in [0.5, 0.6) is 5.75 Å². The van der Waals surface area contributed by atoms with Crippen molar-refractivity contribution < 1.29 is 19.7 Å². The molecule has 0 heterocycles. The van der Waals surface area contributed by atoms with Crippen molar-refractivity contribution in [2.75, 3.05) is 13.2 Å². The second-order valence-electron chi connectivity index (χ2n) is 3.94. The maximum absolute atomic E-state index is 10.8. The minimum absolute atomic E-state index is 0.236. The van der Waals surface area contributed by atoms with E-state index in [1.807, 2.05) is 0 Å². The number of hydrogen-bond donors (Lipinski definition) is 2.